The summed E-state index contributed by atoms with van der Waals surface area (Å²) in [7, 11) is 0. The molecule has 0 radical (unpaired) electrons. The minimum absolute atomic E-state index is 0.0722. The van der Waals surface area contributed by atoms with Gasteiger partial charge in [-0.3, -0.25) is 9.59 Å². The summed E-state index contributed by atoms with van der Waals surface area (Å²) >= 11 is 0. The van der Waals surface area contributed by atoms with Crippen LogP contribution in [0.25, 0.3) is 0 Å². The third-order valence-corrected chi connectivity index (χ3v) is 4.09. The second-order valence-electron chi connectivity index (χ2n) is 5.53. The van der Waals surface area contributed by atoms with Gasteiger partial charge in [-0.2, -0.15) is 0 Å². The van der Waals surface area contributed by atoms with Gasteiger partial charge in [0.2, 0.25) is 0 Å². The molecular weight excluding hydrogens is 274 g/mol. The van der Waals surface area contributed by atoms with Crippen LogP contribution in [0.1, 0.15) is 42.5 Å². The van der Waals surface area contributed by atoms with Crippen LogP contribution in [0, 0.1) is 5.41 Å². The zero-order valence-electron chi connectivity index (χ0n) is 11.6. The number of amides is 1. The van der Waals surface area contributed by atoms with Crippen LogP contribution < -0.4 is 5.32 Å². The largest absolute Gasteiger partial charge is 0.504 e. The van der Waals surface area contributed by atoms with Crippen molar-refractivity contribution in [1.29, 1.82) is 0 Å². The lowest BCUT2D eigenvalue weighted by atomic mass is 9.74. The lowest BCUT2D eigenvalue weighted by Gasteiger charge is -2.33. The van der Waals surface area contributed by atoms with E-state index >= 15 is 0 Å². The van der Waals surface area contributed by atoms with E-state index in [2.05, 4.69) is 5.32 Å². The number of benzene rings is 1. The molecule has 0 spiro atoms. The van der Waals surface area contributed by atoms with E-state index < -0.39 is 17.3 Å². The highest BCUT2D eigenvalue weighted by Crippen LogP contribution is 2.36. The summed E-state index contributed by atoms with van der Waals surface area (Å²) in [4.78, 5) is 23.5. The molecule has 114 valence electrons. The van der Waals surface area contributed by atoms with Gasteiger partial charge in [-0.05, 0) is 31.0 Å². The molecule has 2 rings (SSSR count). The normalized spacial score (nSPS) is 17.1. The maximum atomic E-state index is 12.0. The first-order valence-electron chi connectivity index (χ1n) is 6.98. The SMILES string of the molecule is O=C(NCC1(C(=O)O)CCCCC1)c1ccc(O)c(O)c1. The highest BCUT2D eigenvalue weighted by atomic mass is 16.4. The van der Waals surface area contributed by atoms with E-state index in [-0.39, 0.29) is 23.6 Å². The molecule has 1 aromatic rings. The number of phenolic OH excluding ortho intramolecular Hbond substituents is 2. The van der Waals surface area contributed by atoms with Crippen LogP contribution in [0.4, 0.5) is 0 Å². The summed E-state index contributed by atoms with van der Waals surface area (Å²) < 4.78 is 0. The molecule has 0 unspecified atom stereocenters. The van der Waals surface area contributed by atoms with E-state index in [4.69, 9.17) is 0 Å². The standard InChI is InChI=1S/C15H19NO5/c17-11-5-4-10(8-12(11)18)13(19)16-9-15(14(20)21)6-2-1-3-7-15/h4-5,8,17-18H,1-3,6-7,9H2,(H,16,19)(H,20,21). The van der Waals surface area contributed by atoms with Crippen molar-refractivity contribution < 1.29 is 24.9 Å². The molecule has 0 atom stereocenters. The molecule has 6 heteroatoms. The quantitative estimate of drug-likeness (QED) is 0.634. The number of carboxylic acid groups (broad SMARTS) is 1. The summed E-state index contributed by atoms with van der Waals surface area (Å²) in [5, 5.41) is 30.6. The molecule has 6 nitrogen and oxygen atoms in total. The predicted octanol–water partition coefficient (Wildman–Crippen LogP) is 1.86. The molecule has 1 fully saturated rings. The molecule has 4 N–H and O–H groups in total. The Morgan fingerprint density at radius 2 is 1.76 bits per heavy atom. The van der Waals surface area contributed by atoms with E-state index in [1.165, 1.54) is 12.1 Å². The maximum Gasteiger partial charge on any atom is 0.311 e. The summed E-state index contributed by atoms with van der Waals surface area (Å²) in [6.45, 7) is 0.0722. The van der Waals surface area contributed by atoms with Crippen molar-refractivity contribution in [2.24, 2.45) is 5.41 Å². The van der Waals surface area contributed by atoms with Gasteiger partial charge in [0.25, 0.3) is 5.91 Å². The van der Waals surface area contributed by atoms with Crippen LogP contribution in [-0.4, -0.2) is 33.7 Å². The van der Waals surface area contributed by atoms with Gasteiger partial charge in [-0.1, -0.05) is 19.3 Å². The van der Waals surface area contributed by atoms with Crippen molar-refractivity contribution in [2.75, 3.05) is 6.54 Å². The zero-order chi connectivity index (χ0) is 15.5. The molecule has 0 aliphatic heterocycles. The van der Waals surface area contributed by atoms with E-state index in [0.29, 0.717) is 12.8 Å². The number of carboxylic acids is 1. The Labute approximate surface area is 122 Å². The van der Waals surface area contributed by atoms with Crippen LogP contribution in [0.2, 0.25) is 0 Å². The molecule has 0 bridgehead atoms. The van der Waals surface area contributed by atoms with Gasteiger partial charge in [-0.25, -0.2) is 0 Å². The first kappa shape index (κ1) is 15.2. The number of rotatable bonds is 4. The Morgan fingerprint density at radius 1 is 1.10 bits per heavy atom. The molecule has 21 heavy (non-hydrogen) atoms. The lowest BCUT2D eigenvalue weighted by Crippen LogP contribution is -2.44. The smallest absolute Gasteiger partial charge is 0.311 e. The van der Waals surface area contributed by atoms with Crippen molar-refractivity contribution in [1.82, 2.24) is 5.32 Å². The molecular formula is C15H19NO5. The second kappa shape index (κ2) is 6.03. The van der Waals surface area contributed by atoms with Crippen molar-refractivity contribution in [3.8, 4) is 11.5 Å². The number of nitrogens with one attached hydrogen (secondary N) is 1. The van der Waals surface area contributed by atoms with Crippen molar-refractivity contribution in [2.45, 2.75) is 32.1 Å². The maximum absolute atomic E-state index is 12.0. The monoisotopic (exact) mass is 293 g/mol. The van der Waals surface area contributed by atoms with Crippen LogP contribution in [0.15, 0.2) is 18.2 Å². The molecule has 0 saturated heterocycles. The summed E-state index contributed by atoms with van der Waals surface area (Å²) in [5.41, 5.74) is -0.714. The van der Waals surface area contributed by atoms with Crippen LogP contribution >= 0.6 is 0 Å². The molecule has 1 aromatic carbocycles. The van der Waals surface area contributed by atoms with E-state index in [1.54, 1.807) is 0 Å². The molecule has 1 aliphatic carbocycles. The highest BCUT2D eigenvalue weighted by Gasteiger charge is 2.39. The first-order valence-corrected chi connectivity index (χ1v) is 6.98. The van der Waals surface area contributed by atoms with Gasteiger partial charge >= 0.3 is 5.97 Å². The van der Waals surface area contributed by atoms with Gasteiger partial charge in [0, 0.05) is 12.1 Å². The van der Waals surface area contributed by atoms with Crippen LogP contribution in [-0.2, 0) is 4.79 Å². The Kier molecular flexibility index (Phi) is 4.35. The van der Waals surface area contributed by atoms with Gasteiger partial charge in [-0.15, -0.1) is 0 Å². The Morgan fingerprint density at radius 3 is 2.33 bits per heavy atom. The van der Waals surface area contributed by atoms with Crippen molar-refractivity contribution in [3.63, 3.8) is 0 Å². The average Bonchev–Trinajstić information content (AvgIpc) is 2.48. The lowest BCUT2D eigenvalue weighted by molar-refractivity contribution is -0.150. The number of carbonyl (C=O) groups excluding carboxylic acids is 1. The van der Waals surface area contributed by atoms with Gasteiger partial charge in [0.05, 0.1) is 5.41 Å². The number of carbonyl (C=O) groups is 2. The molecule has 1 saturated carbocycles. The third-order valence-electron chi connectivity index (χ3n) is 4.09. The minimum atomic E-state index is -0.896. The topological polar surface area (TPSA) is 107 Å². The van der Waals surface area contributed by atoms with Crippen molar-refractivity contribution >= 4 is 11.9 Å². The predicted molar refractivity (Wildman–Crippen MR) is 75.3 cm³/mol. The first-order chi connectivity index (χ1) is 9.94. The average molecular weight is 293 g/mol. The van der Waals surface area contributed by atoms with Crippen molar-refractivity contribution in [3.05, 3.63) is 23.8 Å². The highest BCUT2D eigenvalue weighted by molar-refractivity contribution is 5.95. The summed E-state index contributed by atoms with van der Waals surface area (Å²) in [6, 6.07) is 3.75. The number of phenols is 2. The van der Waals surface area contributed by atoms with E-state index in [0.717, 1.165) is 25.3 Å². The van der Waals surface area contributed by atoms with Gasteiger partial charge in [0.1, 0.15) is 0 Å². The van der Waals surface area contributed by atoms with E-state index in [1.807, 2.05) is 0 Å². The second-order valence-corrected chi connectivity index (χ2v) is 5.53. The molecule has 0 aromatic heterocycles. The summed E-state index contributed by atoms with van der Waals surface area (Å²) in [5.74, 6) is -2.03. The Bertz CT molecular complexity index is 549. The molecule has 1 aliphatic rings. The fourth-order valence-corrected chi connectivity index (χ4v) is 2.71. The number of hydrogen-bond donors (Lipinski definition) is 4. The number of hydrogen-bond acceptors (Lipinski definition) is 4. The Balaban J connectivity index is 2.05. The van der Waals surface area contributed by atoms with Crippen LogP contribution in [0.5, 0.6) is 11.5 Å². The summed E-state index contributed by atoms with van der Waals surface area (Å²) in [6.07, 6.45) is 3.84. The fraction of sp³-hybridized carbons (Fsp3) is 0.467. The molecule has 1 amide bonds. The zero-order valence-corrected chi connectivity index (χ0v) is 11.6. The van der Waals surface area contributed by atoms with Gasteiger partial charge < -0.3 is 20.6 Å². The molecule has 0 heterocycles. The fourth-order valence-electron chi connectivity index (χ4n) is 2.71. The number of aliphatic carboxylic acids is 1. The van der Waals surface area contributed by atoms with Crippen LogP contribution in [0.3, 0.4) is 0 Å². The number of aromatic hydroxyl groups is 2. The third kappa shape index (κ3) is 3.26. The minimum Gasteiger partial charge on any atom is -0.504 e. The van der Waals surface area contributed by atoms with E-state index in [9.17, 15) is 24.9 Å². The van der Waals surface area contributed by atoms with Gasteiger partial charge in [0.15, 0.2) is 11.5 Å². The Hall–Kier alpha value is -2.24.